The van der Waals surface area contributed by atoms with Crippen LogP contribution in [0.1, 0.15) is 6.42 Å². The molecule has 0 spiro atoms. The lowest BCUT2D eigenvalue weighted by Gasteiger charge is -2.06. The summed E-state index contributed by atoms with van der Waals surface area (Å²) in [5.74, 6) is 3.62. The highest BCUT2D eigenvalue weighted by atomic mass is 16.5. The Kier molecular flexibility index (Phi) is 2.97. The highest BCUT2D eigenvalue weighted by molar-refractivity contribution is 5.59. The molecule has 92 valence electrons. The number of aliphatic imine (C=N–C) groups is 1. The highest BCUT2D eigenvalue weighted by Crippen LogP contribution is 2.18. The highest BCUT2D eigenvalue weighted by Gasteiger charge is 2.08. The number of allylic oxidation sites excluding steroid dienone is 4. The molecule has 0 saturated heterocycles. The molecule has 0 fully saturated rings. The molecule has 3 rings (SSSR count). The summed E-state index contributed by atoms with van der Waals surface area (Å²) >= 11 is 0. The zero-order valence-electron chi connectivity index (χ0n) is 10.3. The smallest absolute Gasteiger partial charge is 0.232 e. The molecule has 1 aromatic rings. The minimum atomic E-state index is 0.330. The SMILES string of the molecule is C=C1N=c2cccc/c2=C/CC2=C(N=C=CC=C2)O1. The molecule has 0 aromatic heterocycles. The molecule has 0 bridgehead atoms. The van der Waals surface area contributed by atoms with Crippen molar-refractivity contribution in [3.8, 4) is 0 Å². The lowest BCUT2D eigenvalue weighted by molar-refractivity contribution is 0.295. The van der Waals surface area contributed by atoms with E-state index in [-0.39, 0.29) is 0 Å². The first-order chi connectivity index (χ1) is 9.33. The van der Waals surface area contributed by atoms with Crippen molar-refractivity contribution in [1.29, 1.82) is 0 Å². The first kappa shape index (κ1) is 11.5. The Morgan fingerprint density at radius 1 is 1.26 bits per heavy atom. The summed E-state index contributed by atoms with van der Waals surface area (Å²) in [6.45, 7) is 3.82. The second kappa shape index (κ2) is 4.92. The number of hydrogen-bond donors (Lipinski definition) is 0. The van der Waals surface area contributed by atoms with Crippen molar-refractivity contribution in [2.45, 2.75) is 6.42 Å². The van der Waals surface area contributed by atoms with Crippen molar-refractivity contribution in [2.24, 2.45) is 9.98 Å². The summed E-state index contributed by atoms with van der Waals surface area (Å²) < 4.78 is 5.61. The van der Waals surface area contributed by atoms with Crippen LogP contribution in [0.4, 0.5) is 0 Å². The average Bonchev–Trinajstić information content (AvgIpc) is 2.59. The lowest BCUT2D eigenvalue weighted by atomic mass is 10.1. The molecule has 0 aliphatic carbocycles. The Hall–Kier alpha value is -2.64. The van der Waals surface area contributed by atoms with Crippen LogP contribution in [0.2, 0.25) is 0 Å². The van der Waals surface area contributed by atoms with Crippen LogP contribution in [0.3, 0.4) is 0 Å². The number of benzene rings is 1. The van der Waals surface area contributed by atoms with Gasteiger partial charge in [0.05, 0.1) is 5.36 Å². The Balaban J connectivity index is 2.18. The first-order valence-corrected chi connectivity index (χ1v) is 6.03. The third-order valence-electron chi connectivity index (χ3n) is 2.85. The van der Waals surface area contributed by atoms with E-state index >= 15 is 0 Å². The van der Waals surface area contributed by atoms with E-state index in [0.717, 1.165) is 22.6 Å². The summed E-state index contributed by atoms with van der Waals surface area (Å²) in [5, 5.41) is 1.92. The maximum absolute atomic E-state index is 5.61. The fourth-order valence-corrected chi connectivity index (χ4v) is 1.94. The van der Waals surface area contributed by atoms with Crippen LogP contribution in [-0.2, 0) is 4.74 Å². The zero-order chi connectivity index (χ0) is 13.1. The number of nitrogens with zero attached hydrogens (tertiary/aromatic N) is 2. The molecule has 3 nitrogen and oxygen atoms in total. The summed E-state index contributed by atoms with van der Waals surface area (Å²) in [6, 6.07) is 7.90. The molecule has 0 N–H and O–H groups in total. The van der Waals surface area contributed by atoms with Crippen LogP contribution in [-0.4, -0.2) is 5.87 Å². The molecule has 1 aromatic carbocycles. The van der Waals surface area contributed by atoms with Gasteiger partial charge in [-0.2, -0.15) is 4.99 Å². The third-order valence-corrected chi connectivity index (χ3v) is 2.85. The van der Waals surface area contributed by atoms with Gasteiger partial charge in [0.25, 0.3) is 0 Å². The maximum Gasteiger partial charge on any atom is 0.232 e. The number of hydrogen-bond acceptors (Lipinski definition) is 3. The second-order valence-corrected chi connectivity index (χ2v) is 4.17. The molecule has 2 aliphatic rings. The summed E-state index contributed by atoms with van der Waals surface area (Å²) in [6.07, 6.45) is 8.45. The summed E-state index contributed by atoms with van der Waals surface area (Å²) in [5.41, 5.74) is 0.981. The standard InChI is InChI=1S/C16H12N2O/c1-12-18-15-8-3-2-6-13(15)9-10-14-7-4-5-11-17-16(14)19-12/h2-9H,1,10H2/b13-9-,18-15?. The molecule has 3 heteroatoms. The predicted molar refractivity (Wildman–Crippen MR) is 74.7 cm³/mol. The van der Waals surface area contributed by atoms with Crippen molar-refractivity contribution >= 4 is 11.9 Å². The molecule has 2 heterocycles. The minimum Gasteiger partial charge on any atom is -0.420 e. The quantitative estimate of drug-likeness (QED) is 0.691. The second-order valence-electron chi connectivity index (χ2n) is 4.17. The van der Waals surface area contributed by atoms with Gasteiger partial charge in [-0.1, -0.05) is 36.4 Å². The van der Waals surface area contributed by atoms with Crippen molar-refractivity contribution in [1.82, 2.24) is 0 Å². The van der Waals surface area contributed by atoms with Gasteiger partial charge in [0.15, 0.2) is 0 Å². The van der Waals surface area contributed by atoms with E-state index in [1.165, 1.54) is 0 Å². The maximum atomic E-state index is 5.61. The van der Waals surface area contributed by atoms with Crippen LogP contribution in [0.25, 0.3) is 6.08 Å². The summed E-state index contributed by atoms with van der Waals surface area (Å²) in [7, 11) is 0. The molecule has 0 unspecified atom stereocenters. The van der Waals surface area contributed by atoms with Crippen molar-refractivity contribution < 1.29 is 4.74 Å². The van der Waals surface area contributed by atoms with Crippen LogP contribution in [0, 0.1) is 0 Å². The van der Waals surface area contributed by atoms with E-state index in [1.807, 2.05) is 36.4 Å². The van der Waals surface area contributed by atoms with E-state index in [0.29, 0.717) is 11.8 Å². The monoisotopic (exact) mass is 248 g/mol. The predicted octanol–water partition coefficient (Wildman–Crippen LogP) is 1.99. The van der Waals surface area contributed by atoms with Crippen molar-refractivity contribution in [2.75, 3.05) is 0 Å². The third kappa shape index (κ3) is 2.46. The van der Waals surface area contributed by atoms with E-state index in [2.05, 4.69) is 28.5 Å². The Labute approximate surface area is 111 Å². The van der Waals surface area contributed by atoms with Gasteiger partial charge in [-0.05, 0) is 36.2 Å². The fourth-order valence-electron chi connectivity index (χ4n) is 1.94. The van der Waals surface area contributed by atoms with Crippen molar-refractivity contribution in [3.05, 3.63) is 77.0 Å². The van der Waals surface area contributed by atoms with Gasteiger partial charge in [-0.3, -0.25) is 0 Å². The van der Waals surface area contributed by atoms with Gasteiger partial charge in [0.1, 0.15) is 0 Å². The molecule has 0 saturated carbocycles. The molecule has 0 radical (unpaired) electrons. The van der Waals surface area contributed by atoms with E-state index in [9.17, 15) is 0 Å². The number of ether oxygens (including phenoxy) is 1. The molecule has 19 heavy (non-hydrogen) atoms. The fraction of sp³-hybridized carbons (Fsp3) is 0.0625. The largest absolute Gasteiger partial charge is 0.420 e. The lowest BCUT2D eigenvalue weighted by Crippen LogP contribution is -2.24. The summed E-state index contributed by atoms with van der Waals surface area (Å²) in [4.78, 5) is 8.53. The van der Waals surface area contributed by atoms with Crippen LogP contribution >= 0.6 is 0 Å². The Morgan fingerprint density at radius 2 is 2.16 bits per heavy atom. The van der Waals surface area contributed by atoms with E-state index in [1.54, 1.807) is 6.08 Å². The topological polar surface area (TPSA) is 34.0 Å². The van der Waals surface area contributed by atoms with Gasteiger partial charge in [-0.25, -0.2) is 4.99 Å². The van der Waals surface area contributed by atoms with Gasteiger partial charge in [0, 0.05) is 5.57 Å². The molecule has 0 atom stereocenters. The molecular weight excluding hydrogens is 236 g/mol. The molecule has 2 aliphatic heterocycles. The number of fused-ring (bicyclic) bond motifs is 1. The molecular formula is C16H12N2O. The van der Waals surface area contributed by atoms with Crippen LogP contribution in [0.5, 0.6) is 0 Å². The zero-order valence-corrected chi connectivity index (χ0v) is 10.3. The van der Waals surface area contributed by atoms with Crippen LogP contribution in [0.15, 0.2) is 76.4 Å². The average molecular weight is 248 g/mol. The first-order valence-electron chi connectivity index (χ1n) is 6.03. The van der Waals surface area contributed by atoms with Crippen LogP contribution < -0.4 is 10.6 Å². The minimum absolute atomic E-state index is 0.330. The Bertz CT molecular complexity index is 775. The van der Waals surface area contributed by atoms with Gasteiger partial charge >= 0.3 is 0 Å². The molecule has 0 amide bonds. The van der Waals surface area contributed by atoms with E-state index in [4.69, 9.17) is 4.74 Å². The van der Waals surface area contributed by atoms with Gasteiger partial charge in [0.2, 0.25) is 11.8 Å². The number of para-hydroxylation sites is 1. The number of rotatable bonds is 0. The van der Waals surface area contributed by atoms with Crippen molar-refractivity contribution in [3.63, 3.8) is 0 Å². The normalized spacial score (nSPS) is 18.7. The Morgan fingerprint density at radius 3 is 3.11 bits per heavy atom. The van der Waals surface area contributed by atoms with E-state index < -0.39 is 0 Å². The van der Waals surface area contributed by atoms with Gasteiger partial charge < -0.3 is 4.74 Å². The van der Waals surface area contributed by atoms with Gasteiger partial charge in [-0.15, -0.1) is 0 Å².